The molecule has 0 heterocycles. The zero-order valence-corrected chi connectivity index (χ0v) is 12.0. The second kappa shape index (κ2) is 4.59. The van der Waals surface area contributed by atoms with Crippen molar-refractivity contribution in [2.24, 2.45) is 17.3 Å². The quantitative estimate of drug-likeness (QED) is 0.896. The summed E-state index contributed by atoms with van der Waals surface area (Å²) in [5.74, 6) is -3.40. The number of carbonyl (C=O) groups excluding carboxylic acids is 1. The number of hydrogen-bond acceptors (Lipinski definition) is 2. The van der Waals surface area contributed by atoms with Crippen LogP contribution in [0.3, 0.4) is 0 Å². The van der Waals surface area contributed by atoms with E-state index in [1.54, 1.807) is 19.9 Å². The number of amides is 1. The first-order valence-electron chi connectivity index (χ1n) is 5.74. The Hall–Kier alpha value is -1.43. The van der Waals surface area contributed by atoms with E-state index >= 15 is 0 Å². The van der Waals surface area contributed by atoms with Crippen LogP contribution in [0, 0.1) is 23.1 Å². The molecule has 1 fully saturated rings. The van der Waals surface area contributed by atoms with Gasteiger partial charge in [0.2, 0.25) is 5.91 Å². The Morgan fingerprint density at radius 2 is 2.00 bits per heavy atom. The second-order valence-corrected chi connectivity index (χ2v) is 6.06. The van der Waals surface area contributed by atoms with E-state index in [1.165, 1.54) is 12.1 Å². The minimum Gasteiger partial charge on any atom is -0.481 e. The minimum atomic E-state index is -1.00. The lowest BCUT2D eigenvalue weighted by atomic mass is 10.1. The predicted molar refractivity (Wildman–Crippen MR) is 71.1 cm³/mol. The van der Waals surface area contributed by atoms with Crippen LogP contribution >= 0.6 is 15.9 Å². The maximum Gasteiger partial charge on any atom is 0.307 e. The van der Waals surface area contributed by atoms with E-state index in [2.05, 4.69) is 21.2 Å². The molecule has 1 amide bonds. The highest BCUT2D eigenvalue weighted by Crippen LogP contribution is 2.58. The molecule has 102 valence electrons. The Morgan fingerprint density at radius 3 is 2.47 bits per heavy atom. The Balaban J connectivity index is 2.18. The summed E-state index contributed by atoms with van der Waals surface area (Å²) in [6, 6.07) is 4.34. The molecule has 1 aliphatic rings. The third kappa shape index (κ3) is 2.36. The van der Waals surface area contributed by atoms with Crippen molar-refractivity contribution in [2.45, 2.75) is 13.8 Å². The maximum atomic E-state index is 13.6. The van der Waals surface area contributed by atoms with Crippen LogP contribution in [-0.2, 0) is 9.59 Å². The highest BCUT2D eigenvalue weighted by molar-refractivity contribution is 9.10. The van der Waals surface area contributed by atoms with Gasteiger partial charge in [-0.1, -0.05) is 19.9 Å². The lowest BCUT2D eigenvalue weighted by Gasteiger charge is -2.09. The fourth-order valence-corrected chi connectivity index (χ4v) is 2.85. The summed E-state index contributed by atoms with van der Waals surface area (Å²) in [6.07, 6.45) is 0. The highest BCUT2D eigenvalue weighted by atomic mass is 79.9. The van der Waals surface area contributed by atoms with Crippen LogP contribution < -0.4 is 5.32 Å². The minimum absolute atomic E-state index is 0.0411. The van der Waals surface area contributed by atoms with E-state index < -0.39 is 34.9 Å². The van der Waals surface area contributed by atoms with Crippen LogP contribution in [0.1, 0.15) is 13.8 Å². The van der Waals surface area contributed by atoms with E-state index in [0.29, 0.717) is 4.47 Å². The summed E-state index contributed by atoms with van der Waals surface area (Å²) in [5, 5.41) is 11.5. The summed E-state index contributed by atoms with van der Waals surface area (Å²) in [6.45, 7) is 3.43. The van der Waals surface area contributed by atoms with E-state index in [4.69, 9.17) is 5.11 Å². The Bertz CT molecular complexity index is 539. The van der Waals surface area contributed by atoms with Gasteiger partial charge >= 0.3 is 5.97 Å². The number of benzene rings is 1. The number of carboxylic acid groups (broad SMARTS) is 1. The van der Waals surface area contributed by atoms with Gasteiger partial charge in [0, 0.05) is 4.47 Å². The normalized spacial score (nSPS) is 23.8. The van der Waals surface area contributed by atoms with Crippen LogP contribution in [0.15, 0.2) is 22.7 Å². The molecule has 0 aromatic heterocycles. The monoisotopic (exact) mass is 329 g/mol. The largest absolute Gasteiger partial charge is 0.481 e. The Labute approximate surface area is 118 Å². The molecule has 0 spiro atoms. The van der Waals surface area contributed by atoms with Crippen LogP contribution in [-0.4, -0.2) is 17.0 Å². The van der Waals surface area contributed by atoms with Crippen molar-refractivity contribution in [3.8, 4) is 0 Å². The molecule has 2 N–H and O–H groups in total. The van der Waals surface area contributed by atoms with E-state index in [0.717, 1.165) is 0 Å². The molecule has 2 rings (SSSR count). The smallest absolute Gasteiger partial charge is 0.307 e. The molecule has 1 aliphatic carbocycles. The van der Waals surface area contributed by atoms with Crippen molar-refractivity contribution >= 4 is 33.5 Å². The molecule has 0 bridgehead atoms. The van der Waals surface area contributed by atoms with Gasteiger partial charge in [-0.3, -0.25) is 9.59 Å². The van der Waals surface area contributed by atoms with Gasteiger partial charge in [0.15, 0.2) is 0 Å². The lowest BCUT2D eigenvalue weighted by Crippen LogP contribution is -2.18. The average molecular weight is 330 g/mol. The number of rotatable bonds is 3. The van der Waals surface area contributed by atoms with Gasteiger partial charge in [-0.05, 0) is 33.5 Å². The Morgan fingerprint density at radius 1 is 1.37 bits per heavy atom. The van der Waals surface area contributed by atoms with Crippen LogP contribution in [0.5, 0.6) is 0 Å². The summed E-state index contributed by atoms with van der Waals surface area (Å²) < 4.78 is 14.0. The molecule has 0 aliphatic heterocycles. The molecule has 1 aromatic rings. The van der Waals surface area contributed by atoms with Gasteiger partial charge in [0.25, 0.3) is 0 Å². The fourth-order valence-electron chi connectivity index (χ4n) is 2.41. The molecule has 0 saturated heterocycles. The van der Waals surface area contributed by atoms with Crippen molar-refractivity contribution in [3.63, 3.8) is 0 Å². The first-order chi connectivity index (χ1) is 8.76. The average Bonchev–Trinajstić information content (AvgIpc) is 2.87. The molecule has 19 heavy (non-hydrogen) atoms. The topological polar surface area (TPSA) is 66.4 Å². The molecule has 0 radical (unpaired) electrons. The number of anilines is 1. The molecular formula is C13H13BrFNO3. The SMILES string of the molecule is CC1(C)[C@H](C(=O)O)[C@@H]1C(=O)Nc1c(F)cccc1Br. The third-order valence-electron chi connectivity index (χ3n) is 3.59. The summed E-state index contributed by atoms with van der Waals surface area (Å²) in [7, 11) is 0. The molecule has 6 heteroatoms. The van der Waals surface area contributed by atoms with Crippen molar-refractivity contribution in [1.29, 1.82) is 0 Å². The van der Waals surface area contributed by atoms with Gasteiger partial charge in [-0.25, -0.2) is 4.39 Å². The van der Waals surface area contributed by atoms with Gasteiger partial charge in [-0.2, -0.15) is 0 Å². The van der Waals surface area contributed by atoms with Crippen molar-refractivity contribution in [3.05, 3.63) is 28.5 Å². The number of para-hydroxylation sites is 1. The zero-order valence-electron chi connectivity index (χ0n) is 10.4. The van der Waals surface area contributed by atoms with E-state index in [9.17, 15) is 14.0 Å². The Kier molecular flexibility index (Phi) is 3.38. The van der Waals surface area contributed by atoms with E-state index in [-0.39, 0.29) is 5.69 Å². The van der Waals surface area contributed by atoms with Crippen molar-refractivity contribution in [2.75, 3.05) is 5.32 Å². The first kappa shape index (κ1) is 14.0. The number of carbonyl (C=O) groups is 2. The van der Waals surface area contributed by atoms with Crippen molar-refractivity contribution < 1.29 is 19.1 Å². The molecule has 0 unspecified atom stereocenters. The number of carboxylic acids is 1. The molecule has 1 saturated carbocycles. The third-order valence-corrected chi connectivity index (χ3v) is 4.25. The predicted octanol–water partition coefficient (Wildman–Crippen LogP) is 2.88. The van der Waals surface area contributed by atoms with E-state index in [1.807, 2.05) is 0 Å². The van der Waals surface area contributed by atoms with Gasteiger partial charge in [-0.15, -0.1) is 0 Å². The first-order valence-corrected chi connectivity index (χ1v) is 6.53. The highest BCUT2D eigenvalue weighted by Gasteiger charge is 2.65. The standard InChI is InChI=1S/C13H13BrFNO3/c1-13(2)8(9(13)12(18)19)11(17)16-10-6(14)4-3-5-7(10)15/h3-5,8-9H,1-2H3,(H,16,17)(H,18,19)/t8-,9+/m1/s1. The number of halogens is 2. The number of nitrogens with one attached hydrogen (secondary N) is 1. The lowest BCUT2D eigenvalue weighted by molar-refractivity contribution is -0.140. The van der Waals surface area contributed by atoms with Gasteiger partial charge in [0.1, 0.15) is 5.82 Å². The number of hydrogen-bond donors (Lipinski definition) is 2. The molecule has 2 atom stereocenters. The maximum absolute atomic E-state index is 13.6. The molecular weight excluding hydrogens is 317 g/mol. The van der Waals surface area contributed by atoms with Crippen LogP contribution in [0.2, 0.25) is 0 Å². The van der Waals surface area contributed by atoms with Gasteiger partial charge < -0.3 is 10.4 Å². The summed E-state index contributed by atoms with van der Waals surface area (Å²) >= 11 is 3.15. The van der Waals surface area contributed by atoms with Crippen molar-refractivity contribution in [1.82, 2.24) is 0 Å². The van der Waals surface area contributed by atoms with Gasteiger partial charge in [0.05, 0.1) is 17.5 Å². The number of aliphatic carboxylic acids is 1. The fraction of sp³-hybridized carbons (Fsp3) is 0.385. The van der Waals surface area contributed by atoms with Crippen LogP contribution in [0.25, 0.3) is 0 Å². The zero-order chi connectivity index (χ0) is 14.4. The summed E-state index contributed by atoms with van der Waals surface area (Å²) in [4.78, 5) is 23.1. The molecule has 4 nitrogen and oxygen atoms in total. The van der Waals surface area contributed by atoms with Crippen LogP contribution in [0.4, 0.5) is 10.1 Å². The second-order valence-electron chi connectivity index (χ2n) is 5.20. The molecule has 1 aromatic carbocycles. The summed E-state index contributed by atoms with van der Waals surface area (Å²) in [5.41, 5.74) is -0.562.